The highest BCUT2D eigenvalue weighted by Crippen LogP contribution is 2.77. The van der Waals surface area contributed by atoms with Crippen molar-refractivity contribution in [3.05, 3.63) is 0 Å². The minimum absolute atomic E-state index is 0.0903. The topological polar surface area (TPSA) is 83.5 Å². The van der Waals surface area contributed by atoms with Gasteiger partial charge in [0.05, 0.1) is 11.7 Å². The maximum Gasteiger partial charge on any atom is 0.309 e. The molecule has 5 fully saturated rings. The number of carboxylic acid groups (broad SMARTS) is 1. The molecular formula is C31H52BrNO4S. The Hall–Kier alpha value is -0.140. The Kier molecular flexibility index (Phi) is 6.90. The van der Waals surface area contributed by atoms with Crippen molar-refractivity contribution >= 4 is 31.9 Å². The summed E-state index contributed by atoms with van der Waals surface area (Å²) in [5.74, 6) is 2.26. The van der Waals surface area contributed by atoms with E-state index in [4.69, 9.17) is 0 Å². The SMILES string of the molecule is CC(C)C1CCC2(C(=O)O)CC[C@]3(C)[C@H](CCC4[C@@]5(C)CC(Br)[C@H](NS(C)(=O)=O)C(C)(C)[C@@H]5CC[C@]43C)C12. The van der Waals surface area contributed by atoms with Crippen LogP contribution in [0.25, 0.3) is 0 Å². The quantitative estimate of drug-likeness (QED) is 0.331. The number of carbonyl (C=O) groups is 1. The van der Waals surface area contributed by atoms with Gasteiger partial charge in [-0.25, -0.2) is 13.1 Å². The van der Waals surface area contributed by atoms with Crippen LogP contribution in [0.15, 0.2) is 0 Å². The van der Waals surface area contributed by atoms with E-state index in [1.807, 2.05) is 0 Å². The Balaban J connectivity index is 1.53. The molecule has 0 aromatic rings. The number of carboxylic acids is 1. The first-order chi connectivity index (χ1) is 17.4. The lowest BCUT2D eigenvalue weighted by Crippen LogP contribution is -2.69. The third-order valence-corrected chi connectivity index (χ3v) is 15.6. The third kappa shape index (κ3) is 3.82. The molecule has 5 aliphatic carbocycles. The van der Waals surface area contributed by atoms with Gasteiger partial charge in [0.2, 0.25) is 10.0 Å². The number of nitrogens with one attached hydrogen (secondary N) is 1. The van der Waals surface area contributed by atoms with Gasteiger partial charge >= 0.3 is 5.97 Å². The average Bonchev–Trinajstić information content (AvgIpc) is 3.18. The normalized spacial score (nSPS) is 52.0. The van der Waals surface area contributed by atoms with E-state index < -0.39 is 21.4 Å². The third-order valence-electron chi connectivity index (χ3n) is 14.1. The second-order valence-corrected chi connectivity index (χ2v) is 19.0. The number of alkyl halides is 1. The van der Waals surface area contributed by atoms with Gasteiger partial charge in [-0.1, -0.05) is 64.4 Å². The molecule has 218 valence electrons. The van der Waals surface area contributed by atoms with E-state index in [0.29, 0.717) is 29.6 Å². The summed E-state index contributed by atoms with van der Waals surface area (Å²) >= 11 is 3.99. The fourth-order valence-electron chi connectivity index (χ4n) is 12.3. The van der Waals surface area contributed by atoms with E-state index in [-0.39, 0.29) is 38.4 Å². The highest BCUT2D eigenvalue weighted by atomic mass is 79.9. The van der Waals surface area contributed by atoms with E-state index in [1.54, 1.807) is 0 Å². The highest BCUT2D eigenvalue weighted by molar-refractivity contribution is 9.09. The van der Waals surface area contributed by atoms with Crippen LogP contribution in [0.4, 0.5) is 0 Å². The van der Waals surface area contributed by atoms with Crippen molar-refractivity contribution < 1.29 is 18.3 Å². The molecule has 5 rings (SSSR count). The van der Waals surface area contributed by atoms with E-state index >= 15 is 0 Å². The molecule has 0 saturated heterocycles. The van der Waals surface area contributed by atoms with E-state index in [9.17, 15) is 18.3 Å². The van der Waals surface area contributed by atoms with Crippen LogP contribution in [-0.2, 0) is 14.8 Å². The predicted molar refractivity (Wildman–Crippen MR) is 156 cm³/mol. The van der Waals surface area contributed by atoms with Crippen molar-refractivity contribution in [3.8, 4) is 0 Å². The molecule has 0 aromatic heterocycles. The zero-order valence-electron chi connectivity index (χ0n) is 24.9. The molecule has 7 heteroatoms. The van der Waals surface area contributed by atoms with Gasteiger partial charge < -0.3 is 5.11 Å². The lowest BCUT2D eigenvalue weighted by Gasteiger charge is -2.73. The van der Waals surface area contributed by atoms with Crippen LogP contribution in [0.3, 0.4) is 0 Å². The first-order valence-electron chi connectivity index (χ1n) is 15.2. The van der Waals surface area contributed by atoms with Crippen LogP contribution >= 0.6 is 15.9 Å². The van der Waals surface area contributed by atoms with Crippen LogP contribution in [0.1, 0.15) is 106 Å². The highest BCUT2D eigenvalue weighted by Gasteiger charge is 2.72. The first-order valence-corrected chi connectivity index (χ1v) is 18.0. The maximum atomic E-state index is 12.9. The van der Waals surface area contributed by atoms with Gasteiger partial charge in [0, 0.05) is 10.9 Å². The second-order valence-electron chi connectivity index (χ2n) is 16.0. The van der Waals surface area contributed by atoms with Crippen molar-refractivity contribution in [2.24, 2.45) is 62.6 Å². The Morgan fingerprint density at radius 3 is 2.16 bits per heavy atom. The zero-order chi connectivity index (χ0) is 28.3. The molecule has 0 amide bonds. The average molecular weight is 615 g/mol. The van der Waals surface area contributed by atoms with Crippen molar-refractivity contribution in [2.45, 2.75) is 117 Å². The Bertz CT molecular complexity index is 1090. The largest absolute Gasteiger partial charge is 0.481 e. The van der Waals surface area contributed by atoms with Gasteiger partial charge in [0.1, 0.15) is 0 Å². The van der Waals surface area contributed by atoms with Crippen LogP contribution < -0.4 is 4.72 Å². The van der Waals surface area contributed by atoms with Crippen molar-refractivity contribution in [3.63, 3.8) is 0 Å². The lowest BCUT2D eigenvalue weighted by molar-refractivity contribution is -0.240. The maximum absolute atomic E-state index is 12.9. The van der Waals surface area contributed by atoms with E-state index in [1.165, 1.54) is 12.7 Å². The Morgan fingerprint density at radius 1 is 0.921 bits per heavy atom. The molecule has 5 unspecified atom stereocenters. The van der Waals surface area contributed by atoms with Gasteiger partial charge in [-0.2, -0.15) is 0 Å². The summed E-state index contributed by atoms with van der Waals surface area (Å²) < 4.78 is 27.6. The molecule has 11 atom stereocenters. The van der Waals surface area contributed by atoms with Crippen LogP contribution in [0.5, 0.6) is 0 Å². The smallest absolute Gasteiger partial charge is 0.309 e. The van der Waals surface area contributed by atoms with Crippen molar-refractivity contribution in [2.75, 3.05) is 6.26 Å². The number of aliphatic carboxylic acids is 1. The number of sulfonamides is 1. The van der Waals surface area contributed by atoms with Gasteiger partial charge in [-0.15, -0.1) is 0 Å². The summed E-state index contributed by atoms with van der Waals surface area (Å²) in [5, 5.41) is 10.6. The molecule has 0 aromatic carbocycles. The standard InChI is InChI=1S/C31H52BrNO4S/c1-18(2)19-11-14-31(26(34)35)16-15-29(6)20(24(19)31)9-10-23-28(5)17-21(32)25(33-38(8,36)37)27(3,4)22(28)12-13-30(23,29)7/h18-25,33H,9-17H2,1-8H3,(H,34,35)/t19?,20-,21?,22+,23?,24?,25+,28+,29-,30-,31?/m1/s1. The summed E-state index contributed by atoms with van der Waals surface area (Å²) in [6, 6.07) is -0.122. The molecule has 5 aliphatic rings. The molecule has 2 N–H and O–H groups in total. The molecule has 0 bridgehead atoms. The van der Waals surface area contributed by atoms with Crippen LogP contribution in [0.2, 0.25) is 0 Å². The number of halogens is 1. The molecular weight excluding hydrogens is 562 g/mol. The lowest BCUT2D eigenvalue weighted by atomic mass is 9.32. The fraction of sp³-hybridized carbons (Fsp3) is 0.968. The van der Waals surface area contributed by atoms with Gasteiger partial charge in [-0.05, 0) is 115 Å². The van der Waals surface area contributed by atoms with Gasteiger partial charge in [0.25, 0.3) is 0 Å². The minimum Gasteiger partial charge on any atom is -0.481 e. The monoisotopic (exact) mass is 613 g/mol. The van der Waals surface area contributed by atoms with Crippen molar-refractivity contribution in [1.29, 1.82) is 0 Å². The first kappa shape index (κ1) is 29.4. The van der Waals surface area contributed by atoms with Crippen molar-refractivity contribution in [1.82, 2.24) is 4.72 Å². The second kappa shape index (κ2) is 8.93. The fourth-order valence-corrected chi connectivity index (χ4v) is 14.9. The summed E-state index contributed by atoms with van der Waals surface area (Å²) in [6.45, 7) is 16.9. The summed E-state index contributed by atoms with van der Waals surface area (Å²) in [4.78, 5) is 13.0. The summed E-state index contributed by atoms with van der Waals surface area (Å²) in [6.07, 6.45) is 10.6. The number of hydrogen-bond donors (Lipinski definition) is 2. The molecule has 0 aliphatic heterocycles. The number of hydrogen-bond acceptors (Lipinski definition) is 3. The number of fused-ring (bicyclic) bond motifs is 7. The minimum atomic E-state index is -3.31. The van der Waals surface area contributed by atoms with Crippen LogP contribution in [0, 0.1) is 62.6 Å². The molecule has 38 heavy (non-hydrogen) atoms. The number of rotatable bonds is 4. The van der Waals surface area contributed by atoms with Crippen LogP contribution in [-0.4, -0.2) is 36.6 Å². The predicted octanol–water partition coefficient (Wildman–Crippen LogP) is 7.10. The Morgan fingerprint density at radius 2 is 1.58 bits per heavy atom. The molecule has 5 saturated carbocycles. The summed E-state index contributed by atoms with van der Waals surface area (Å²) in [5.41, 5.74) is -0.276. The van der Waals surface area contributed by atoms with Gasteiger partial charge in [0.15, 0.2) is 0 Å². The van der Waals surface area contributed by atoms with E-state index in [0.717, 1.165) is 51.4 Å². The zero-order valence-corrected chi connectivity index (χ0v) is 27.3. The molecule has 0 spiro atoms. The van der Waals surface area contributed by atoms with Gasteiger partial charge in [-0.3, -0.25) is 4.79 Å². The van der Waals surface area contributed by atoms with E-state index in [2.05, 4.69) is 69.1 Å². The summed E-state index contributed by atoms with van der Waals surface area (Å²) in [7, 11) is -3.31. The Labute approximate surface area is 240 Å². The molecule has 5 nitrogen and oxygen atoms in total. The molecule has 0 radical (unpaired) electrons. The molecule has 0 heterocycles.